The van der Waals surface area contributed by atoms with Crippen LogP contribution >= 0.6 is 33.7 Å². The maximum Gasteiger partial charge on any atom is 0.440 e. The van der Waals surface area contributed by atoms with Gasteiger partial charge in [-0.2, -0.15) is 13.2 Å². The zero-order valence-electron chi connectivity index (χ0n) is 12.5. The fourth-order valence-corrected chi connectivity index (χ4v) is 3.97. The molecule has 0 aromatic heterocycles. The lowest BCUT2D eigenvalue weighted by atomic mass is 10.2. The highest BCUT2D eigenvalue weighted by atomic mass is 35.5. The Morgan fingerprint density at radius 3 is 2.33 bits per heavy atom. The highest BCUT2D eigenvalue weighted by Gasteiger charge is 2.34. The third-order valence-corrected chi connectivity index (χ3v) is 5.69. The standard InChI is InChI=1S/C16H12Cl2F4OS/c1-3-24(16(20,21)22)14-5-4-13(9(2)15(14)18)23-12-7-10(17)6-11(19)8-12/h3-8H,1-2H3. The van der Waals surface area contributed by atoms with E-state index in [9.17, 15) is 17.6 Å². The van der Waals surface area contributed by atoms with E-state index in [2.05, 4.69) is 0 Å². The van der Waals surface area contributed by atoms with Gasteiger partial charge in [0.1, 0.15) is 17.3 Å². The van der Waals surface area contributed by atoms with E-state index in [0.717, 1.165) is 17.5 Å². The third-order valence-electron chi connectivity index (χ3n) is 3.09. The predicted octanol–water partition coefficient (Wildman–Crippen LogP) is 7.20. The largest absolute Gasteiger partial charge is 0.457 e. The Kier molecular flexibility index (Phi) is 5.83. The van der Waals surface area contributed by atoms with Gasteiger partial charge in [-0.25, -0.2) is 4.39 Å². The summed E-state index contributed by atoms with van der Waals surface area (Å²) < 4.78 is 58.1. The van der Waals surface area contributed by atoms with Crippen molar-refractivity contribution in [2.75, 3.05) is 0 Å². The molecule has 8 heteroatoms. The van der Waals surface area contributed by atoms with Crippen LogP contribution in [0, 0.1) is 12.7 Å². The Labute approximate surface area is 149 Å². The zero-order valence-corrected chi connectivity index (χ0v) is 14.9. The molecule has 2 aromatic carbocycles. The highest BCUT2D eigenvalue weighted by molar-refractivity contribution is 8.15. The van der Waals surface area contributed by atoms with Crippen LogP contribution in [0.25, 0.3) is 0 Å². The van der Waals surface area contributed by atoms with E-state index in [1.54, 1.807) is 0 Å². The first kappa shape index (κ1) is 19.1. The van der Waals surface area contributed by atoms with E-state index < -0.39 is 21.8 Å². The molecule has 0 bridgehead atoms. The van der Waals surface area contributed by atoms with Crippen molar-refractivity contribution in [2.24, 2.45) is 0 Å². The second-order valence-electron chi connectivity index (χ2n) is 4.73. The van der Waals surface area contributed by atoms with Gasteiger partial charge in [-0.3, -0.25) is 0 Å². The van der Waals surface area contributed by atoms with Crippen LogP contribution in [0.15, 0.2) is 35.2 Å². The van der Waals surface area contributed by atoms with Crippen LogP contribution in [0.5, 0.6) is 11.5 Å². The van der Waals surface area contributed by atoms with Crippen LogP contribution in [0.4, 0.5) is 17.6 Å². The van der Waals surface area contributed by atoms with Crippen LogP contribution in [0.1, 0.15) is 12.5 Å². The minimum Gasteiger partial charge on any atom is -0.457 e. The van der Waals surface area contributed by atoms with Crippen molar-refractivity contribution in [3.05, 3.63) is 51.8 Å². The molecule has 0 saturated heterocycles. The van der Waals surface area contributed by atoms with Crippen molar-refractivity contribution < 1.29 is 22.3 Å². The monoisotopic (exact) mass is 398 g/mol. The molecule has 130 valence electrons. The van der Waals surface area contributed by atoms with Crippen molar-refractivity contribution in [3.63, 3.8) is 0 Å². The van der Waals surface area contributed by atoms with E-state index in [4.69, 9.17) is 27.9 Å². The van der Waals surface area contributed by atoms with Gasteiger partial charge in [-0.1, -0.05) is 39.1 Å². The Balaban J connectivity index is 2.44. The molecular formula is C16H12Cl2F4OS. The maximum absolute atomic E-state index is 13.3. The molecule has 0 amide bonds. The van der Waals surface area contributed by atoms with Gasteiger partial charge in [0.25, 0.3) is 0 Å². The molecule has 0 heterocycles. The van der Waals surface area contributed by atoms with Gasteiger partial charge < -0.3 is 4.74 Å². The minimum absolute atomic E-state index is 0.0335. The molecule has 24 heavy (non-hydrogen) atoms. The molecule has 0 aliphatic heterocycles. The van der Waals surface area contributed by atoms with Crippen LogP contribution < -0.4 is 4.74 Å². The summed E-state index contributed by atoms with van der Waals surface area (Å²) >= 11 is 11.9. The third kappa shape index (κ3) is 4.23. The van der Waals surface area contributed by atoms with Gasteiger partial charge >= 0.3 is 5.51 Å². The molecule has 0 radical (unpaired) electrons. The van der Waals surface area contributed by atoms with Gasteiger partial charge in [-0.15, -0.1) is 0 Å². The van der Waals surface area contributed by atoms with Crippen LogP contribution in [-0.4, -0.2) is 10.9 Å². The van der Waals surface area contributed by atoms with Gasteiger partial charge in [0, 0.05) is 21.5 Å². The molecular weight excluding hydrogens is 387 g/mol. The van der Waals surface area contributed by atoms with Crippen molar-refractivity contribution in [3.8, 4) is 11.5 Å². The lowest BCUT2D eigenvalue weighted by molar-refractivity contribution is -0.0334. The van der Waals surface area contributed by atoms with E-state index in [1.807, 2.05) is 0 Å². The summed E-state index contributed by atoms with van der Waals surface area (Å²) in [5.74, 6) is -0.229. The van der Waals surface area contributed by atoms with E-state index in [0.29, 0.717) is 5.56 Å². The van der Waals surface area contributed by atoms with E-state index >= 15 is 0 Å². The summed E-state index contributed by atoms with van der Waals surface area (Å²) in [5, 5.41) is 1.17. The first-order chi connectivity index (χ1) is 11.1. The summed E-state index contributed by atoms with van der Waals surface area (Å²) in [5.41, 5.74) is -4.08. The minimum atomic E-state index is -4.41. The van der Waals surface area contributed by atoms with Crippen molar-refractivity contribution in [1.82, 2.24) is 0 Å². The first-order valence-electron chi connectivity index (χ1n) is 6.66. The maximum atomic E-state index is 13.3. The number of rotatable bonds is 3. The molecule has 1 nitrogen and oxygen atoms in total. The number of hydrogen-bond donors (Lipinski definition) is 0. The molecule has 0 aliphatic carbocycles. The van der Waals surface area contributed by atoms with Crippen LogP contribution in [-0.2, 0) is 0 Å². The average Bonchev–Trinajstić information content (AvgIpc) is 2.44. The van der Waals surface area contributed by atoms with Crippen molar-refractivity contribution in [2.45, 2.75) is 24.3 Å². The number of hydrogen-bond acceptors (Lipinski definition) is 1. The van der Waals surface area contributed by atoms with E-state index in [-0.39, 0.29) is 26.4 Å². The number of ether oxygens (including phenoxy) is 1. The lowest BCUT2D eigenvalue weighted by Crippen LogP contribution is -2.05. The van der Waals surface area contributed by atoms with Crippen LogP contribution in [0.3, 0.4) is 0 Å². The fourth-order valence-electron chi connectivity index (χ4n) is 2.02. The second kappa shape index (κ2) is 7.33. The van der Waals surface area contributed by atoms with Gasteiger partial charge in [0.05, 0.1) is 5.02 Å². The zero-order chi connectivity index (χ0) is 18.1. The molecule has 0 saturated carbocycles. The fraction of sp³-hybridized carbons (Fsp3) is 0.188. The summed E-state index contributed by atoms with van der Waals surface area (Å²) in [7, 11) is -2.09. The topological polar surface area (TPSA) is 9.23 Å². The summed E-state index contributed by atoms with van der Waals surface area (Å²) in [4.78, 5) is -0.0335. The second-order valence-corrected chi connectivity index (χ2v) is 7.59. The Morgan fingerprint density at radius 2 is 1.79 bits per heavy atom. The van der Waals surface area contributed by atoms with Gasteiger partial charge in [-0.05, 0) is 38.1 Å². The van der Waals surface area contributed by atoms with Crippen molar-refractivity contribution in [1.29, 1.82) is 0 Å². The van der Waals surface area contributed by atoms with Crippen LogP contribution in [0.2, 0.25) is 10.0 Å². The summed E-state index contributed by atoms with van der Waals surface area (Å²) in [6, 6.07) is 6.27. The van der Waals surface area contributed by atoms with Crippen molar-refractivity contribution >= 4 is 39.1 Å². The molecule has 1 atom stereocenters. The number of alkyl halides is 3. The Morgan fingerprint density at radius 1 is 1.12 bits per heavy atom. The SMILES string of the molecule is C/C=S(\c1ccc(Oc2cc(F)cc(Cl)c2)c(C)c1Cl)C(F)(F)F. The normalized spacial score (nSPS) is 13.2. The van der Waals surface area contributed by atoms with E-state index in [1.165, 1.54) is 32.0 Å². The van der Waals surface area contributed by atoms with Gasteiger partial charge in [0.15, 0.2) is 0 Å². The average molecular weight is 399 g/mol. The Bertz CT molecular complexity index is 783. The molecule has 2 aromatic rings. The molecule has 1 unspecified atom stereocenters. The lowest BCUT2D eigenvalue weighted by Gasteiger charge is -2.17. The smallest absolute Gasteiger partial charge is 0.440 e. The van der Waals surface area contributed by atoms with Gasteiger partial charge in [0.2, 0.25) is 0 Å². The number of halogens is 6. The Hall–Kier alpha value is -1.24. The quantitative estimate of drug-likeness (QED) is 0.392. The molecule has 0 spiro atoms. The molecule has 2 rings (SSSR count). The first-order valence-corrected chi connectivity index (χ1v) is 8.70. The summed E-state index contributed by atoms with van der Waals surface area (Å²) in [6.45, 7) is 2.87. The molecule has 0 aliphatic rings. The molecule has 0 fully saturated rings. The highest BCUT2D eigenvalue weighted by Crippen LogP contribution is 2.48. The predicted molar refractivity (Wildman–Crippen MR) is 91.3 cm³/mol. The number of benzene rings is 2. The summed E-state index contributed by atoms with van der Waals surface area (Å²) in [6.07, 6.45) is 0. The molecule has 0 N–H and O–H groups in total.